The Kier molecular flexibility index (Phi) is 4.38. The molecule has 6 nitrogen and oxygen atoms in total. The first-order valence-electron chi connectivity index (χ1n) is 6.97. The van der Waals surface area contributed by atoms with Crippen molar-refractivity contribution in [2.24, 2.45) is 0 Å². The van der Waals surface area contributed by atoms with Crippen LogP contribution in [0.15, 0.2) is 40.9 Å². The largest absolute Gasteiger partial charge is 0.497 e. The molecule has 2 aromatic heterocycles. The second-order valence-electron chi connectivity index (χ2n) is 4.83. The van der Waals surface area contributed by atoms with Gasteiger partial charge in [0.05, 0.1) is 18.5 Å². The smallest absolute Gasteiger partial charge is 0.258 e. The highest BCUT2D eigenvalue weighted by molar-refractivity contribution is 7.15. The van der Waals surface area contributed by atoms with E-state index in [2.05, 4.69) is 15.5 Å². The minimum Gasteiger partial charge on any atom is -0.497 e. The number of hydrogen-bond acceptors (Lipinski definition) is 6. The Morgan fingerprint density at radius 1 is 1.35 bits per heavy atom. The second-order valence-corrected chi connectivity index (χ2v) is 6.00. The number of nitrogens with zero attached hydrogens (tertiary/aromatic N) is 2. The van der Waals surface area contributed by atoms with Gasteiger partial charge in [0.25, 0.3) is 5.89 Å². The highest BCUT2D eigenvalue weighted by Gasteiger charge is 2.13. The Morgan fingerprint density at radius 3 is 3.00 bits per heavy atom. The van der Waals surface area contributed by atoms with E-state index < -0.39 is 0 Å². The molecule has 2 heterocycles. The first-order valence-corrected chi connectivity index (χ1v) is 7.79. The summed E-state index contributed by atoms with van der Waals surface area (Å²) in [5.41, 5.74) is 0.804. The zero-order valence-electron chi connectivity index (χ0n) is 12.7. The van der Waals surface area contributed by atoms with Crippen LogP contribution < -0.4 is 10.1 Å². The van der Waals surface area contributed by atoms with Gasteiger partial charge in [-0.1, -0.05) is 11.2 Å². The SMILES string of the molecule is COc1cccc(-c2nc(-c3ccc(CNC(C)=O)s3)no2)c1. The van der Waals surface area contributed by atoms with Crippen molar-refractivity contribution in [2.75, 3.05) is 7.11 Å². The molecule has 0 aliphatic heterocycles. The predicted octanol–water partition coefficient (Wildman–Crippen LogP) is 3.11. The van der Waals surface area contributed by atoms with E-state index in [9.17, 15) is 4.79 Å². The van der Waals surface area contributed by atoms with E-state index >= 15 is 0 Å². The van der Waals surface area contributed by atoms with Crippen LogP contribution in [0.1, 0.15) is 11.8 Å². The molecule has 1 amide bonds. The Balaban J connectivity index is 1.80. The van der Waals surface area contributed by atoms with Gasteiger partial charge in [-0.15, -0.1) is 11.3 Å². The summed E-state index contributed by atoms with van der Waals surface area (Å²) < 4.78 is 10.5. The molecule has 3 aromatic rings. The average Bonchev–Trinajstić information content (AvgIpc) is 3.22. The lowest BCUT2D eigenvalue weighted by atomic mass is 10.2. The Morgan fingerprint density at radius 2 is 2.22 bits per heavy atom. The summed E-state index contributed by atoms with van der Waals surface area (Å²) in [6.07, 6.45) is 0. The number of ether oxygens (including phenoxy) is 1. The normalized spacial score (nSPS) is 10.5. The van der Waals surface area contributed by atoms with Crippen LogP contribution >= 0.6 is 11.3 Å². The first-order chi connectivity index (χ1) is 11.2. The summed E-state index contributed by atoms with van der Waals surface area (Å²) in [6, 6.07) is 11.3. The van der Waals surface area contributed by atoms with Crippen LogP contribution in [0.25, 0.3) is 22.2 Å². The number of rotatable bonds is 5. The van der Waals surface area contributed by atoms with E-state index in [0.717, 1.165) is 21.1 Å². The molecular formula is C16H15N3O3S. The van der Waals surface area contributed by atoms with Gasteiger partial charge in [0.2, 0.25) is 11.7 Å². The summed E-state index contributed by atoms with van der Waals surface area (Å²) in [4.78, 5) is 17.3. The fourth-order valence-corrected chi connectivity index (χ4v) is 2.87. The Hall–Kier alpha value is -2.67. The number of nitrogens with one attached hydrogen (secondary N) is 1. The zero-order chi connectivity index (χ0) is 16.2. The number of carbonyl (C=O) groups is 1. The highest BCUT2D eigenvalue weighted by atomic mass is 32.1. The number of amides is 1. The molecule has 0 saturated carbocycles. The van der Waals surface area contributed by atoms with E-state index in [0.29, 0.717) is 18.3 Å². The van der Waals surface area contributed by atoms with Crippen molar-refractivity contribution < 1.29 is 14.1 Å². The van der Waals surface area contributed by atoms with Crippen molar-refractivity contribution in [3.05, 3.63) is 41.3 Å². The van der Waals surface area contributed by atoms with Gasteiger partial charge >= 0.3 is 0 Å². The molecule has 0 saturated heterocycles. The van der Waals surface area contributed by atoms with Crippen LogP contribution in [0.3, 0.4) is 0 Å². The second kappa shape index (κ2) is 6.62. The van der Waals surface area contributed by atoms with Crippen molar-refractivity contribution >= 4 is 17.2 Å². The van der Waals surface area contributed by atoms with Crippen molar-refractivity contribution in [3.8, 4) is 27.9 Å². The van der Waals surface area contributed by atoms with Crippen molar-refractivity contribution in [1.82, 2.24) is 15.5 Å². The molecule has 0 atom stereocenters. The summed E-state index contributed by atoms with van der Waals surface area (Å²) >= 11 is 1.52. The number of thiophene rings is 1. The van der Waals surface area contributed by atoms with Crippen molar-refractivity contribution in [3.63, 3.8) is 0 Å². The number of benzene rings is 1. The topological polar surface area (TPSA) is 77.2 Å². The number of aromatic nitrogens is 2. The van der Waals surface area contributed by atoms with Crippen molar-refractivity contribution in [2.45, 2.75) is 13.5 Å². The molecule has 1 aromatic carbocycles. The van der Waals surface area contributed by atoms with Gasteiger partial charge in [-0.3, -0.25) is 4.79 Å². The van der Waals surface area contributed by atoms with E-state index in [1.54, 1.807) is 7.11 Å². The van der Waals surface area contributed by atoms with Crippen molar-refractivity contribution in [1.29, 1.82) is 0 Å². The van der Waals surface area contributed by atoms with Crippen LogP contribution in [0.2, 0.25) is 0 Å². The average molecular weight is 329 g/mol. The fraction of sp³-hybridized carbons (Fsp3) is 0.188. The van der Waals surface area contributed by atoms with E-state index in [4.69, 9.17) is 9.26 Å². The number of hydrogen-bond donors (Lipinski definition) is 1. The number of methoxy groups -OCH3 is 1. The molecule has 7 heteroatoms. The maximum absolute atomic E-state index is 10.9. The molecule has 23 heavy (non-hydrogen) atoms. The summed E-state index contributed by atoms with van der Waals surface area (Å²) in [6.45, 7) is 1.99. The maximum Gasteiger partial charge on any atom is 0.258 e. The first kappa shape index (κ1) is 15.2. The van der Waals surface area contributed by atoms with Gasteiger partial charge < -0.3 is 14.6 Å². The summed E-state index contributed by atoms with van der Waals surface area (Å²) in [5.74, 6) is 1.65. The summed E-state index contributed by atoms with van der Waals surface area (Å²) in [7, 11) is 1.61. The van der Waals surface area contributed by atoms with Gasteiger partial charge in [-0.25, -0.2) is 0 Å². The minimum absolute atomic E-state index is 0.0557. The molecular weight excluding hydrogens is 314 g/mol. The van der Waals surface area contributed by atoms with Crippen LogP contribution in [0, 0.1) is 0 Å². The molecule has 0 spiro atoms. The Labute approximate surface area is 137 Å². The predicted molar refractivity (Wildman–Crippen MR) is 87.1 cm³/mol. The monoisotopic (exact) mass is 329 g/mol. The van der Waals surface area contributed by atoms with Crippen LogP contribution in [0.4, 0.5) is 0 Å². The minimum atomic E-state index is -0.0557. The third-order valence-corrected chi connectivity index (χ3v) is 4.22. The quantitative estimate of drug-likeness (QED) is 0.778. The lowest BCUT2D eigenvalue weighted by Gasteiger charge is -1.99. The van der Waals surface area contributed by atoms with Crippen LogP contribution in [-0.4, -0.2) is 23.2 Å². The molecule has 3 rings (SSSR count). The fourth-order valence-electron chi connectivity index (χ4n) is 2.00. The lowest BCUT2D eigenvalue weighted by Crippen LogP contribution is -2.17. The van der Waals surface area contributed by atoms with Gasteiger partial charge in [-0.2, -0.15) is 4.98 Å². The van der Waals surface area contributed by atoms with Crippen LogP contribution in [-0.2, 0) is 11.3 Å². The van der Waals surface area contributed by atoms with E-state index in [1.165, 1.54) is 18.3 Å². The Bertz CT molecular complexity index is 825. The van der Waals surface area contributed by atoms with Gasteiger partial charge in [-0.05, 0) is 30.3 Å². The highest BCUT2D eigenvalue weighted by Crippen LogP contribution is 2.29. The molecule has 0 unspecified atom stereocenters. The van der Waals surface area contributed by atoms with Crippen LogP contribution in [0.5, 0.6) is 5.75 Å². The zero-order valence-corrected chi connectivity index (χ0v) is 13.5. The van der Waals surface area contributed by atoms with E-state index in [-0.39, 0.29) is 5.91 Å². The van der Waals surface area contributed by atoms with E-state index in [1.807, 2.05) is 36.4 Å². The molecule has 118 valence electrons. The maximum atomic E-state index is 10.9. The van der Waals surface area contributed by atoms with Gasteiger partial charge in [0.15, 0.2) is 0 Å². The summed E-state index contributed by atoms with van der Waals surface area (Å²) in [5, 5.41) is 6.79. The molecule has 0 aliphatic carbocycles. The molecule has 0 radical (unpaired) electrons. The number of carbonyl (C=O) groups excluding carboxylic acids is 1. The molecule has 1 N–H and O–H groups in total. The lowest BCUT2D eigenvalue weighted by molar-refractivity contribution is -0.119. The third-order valence-electron chi connectivity index (χ3n) is 3.14. The molecule has 0 aliphatic rings. The third kappa shape index (κ3) is 3.57. The van der Waals surface area contributed by atoms with Gasteiger partial charge in [0, 0.05) is 17.4 Å². The molecule has 0 bridgehead atoms. The standard InChI is InChI=1S/C16H15N3O3S/c1-10(20)17-9-13-6-7-14(23-13)15-18-16(22-19-15)11-4-3-5-12(8-11)21-2/h3-8H,9H2,1-2H3,(H,17,20). The molecule has 0 fully saturated rings. The van der Waals surface area contributed by atoms with Gasteiger partial charge in [0.1, 0.15) is 5.75 Å².